The van der Waals surface area contributed by atoms with Gasteiger partial charge in [0.05, 0.1) is 13.3 Å². The van der Waals surface area contributed by atoms with Crippen LogP contribution in [0.5, 0.6) is 0 Å². The van der Waals surface area contributed by atoms with Gasteiger partial charge in [-0.15, -0.1) is 0 Å². The van der Waals surface area contributed by atoms with Gasteiger partial charge in [-0.05, 0) is 50.9 Å². The molecule has 35 heavy (non-hydrogen) atoms. The average molecular weight is 480 g/mol. The first-order valence-corrected chi connectivity index (χ1v) is 11.3. The minimum atomic E-state index is -0.578. The summed E-state index contributed by atoms with van der Waals surface area (Å²) in [5, 5.41) is 22.2. The molecule has 184 valence electrons. The van der Waals surface area contributed by atoms with Crippen molar-refractivity contribution >= 4 is 40.8 Å². The first kappa shape index (κ1) is 24.0. The minimum Gasteiger partial charge on any atom is -0.453 e. The third kappa shape index (κ3) is 6.23. The summed E-state index contributed by atoms with van der Waals surface area (Å²) in [6, 6.07) is 7.46. The molecule has 0 spiro atoms. The van der Waals surface area contributed by atoms with Gasteiger partial charge in [0, 0.05) is 35.7 Å². The molecular formula is C23H29N9O3. The summed E-state index contributed by atoms with van der Waals surface area (Å²) in [7, 11) is 1.30. The summed E-state index contributed by atoms with van der Waals surface area (Å²) < 4.78 is 4.69. The maximum atomic E-state index is 13.0. The molecular weight excluding hydrogens is 450 g/mol. The molecule has 12 nitrogen and oxygen atoms in total. The van der Waals surface area contributed by atoms with Crippen molar-refractivity contribution in [1.82, 2.24) is 30.8 Å². The van der Waals surface area contributed by atoms with Crippen LogP contribution in [0.1, 0.15) is 34.6 Å². The number of hydrogen-bond donors (Lipinski definition) is 6. The predicted octanol–water partition coefficient (Wildman–Crippen LogP) is 2.96. The number of hydrogen-bond acceptors (Lipinski definition) is 9. The van der Waals surface area contributed by atoms with Gasteiger partial charge in [-0.25, -0.2) is 14.8 Å². The van der Waals surface area contributed by atoms with E-state index in [1.807, 2.05) is 32.0 Å². The Kier molecular flexibility index (Phi) is 7.41. The number of methoxy groups -OCH3 is 1. The number of aromatic amines is 1. The van der Waals surface area contributed by atoms with Gasteiger partial charge in [-0.1, -0.05) is 6.07 Å². The number of amides is 2. The SMILES string of the molecule is COC(=O)Nc1cc(Nc2nc(Nc3cc(C)[nH]n3)cnc2C(=O)NC[C@@H]2CCCN2)ccc1C. The molecule has 1 atom stereocenters. The second kappa shape index (κ2) is 10.8. The van der Waals surface area contributed by atoms with Crippen molar-refractivity contribution in [3.63, 3.8) is 0 Å². The molecule has 1 aliphatic heterocycles. The quantitative estimate of drug-likeness (QED) is 0.286. The van der Waals surface area contributed by atoms with Crippen LogP contribution in [0.15, 0.2) is 30.5 Å². The molecule has 0 unspecified atom stereocenters. The van der Waals surface area contributed by atoms with E-state index in [4.69, 9.17) is 4.74 Å². The number of aryl methyl sites for hydroxylation is 2. The van der Waals surface area contributed by atoms with Crippen LogP contribution >= 0.6 is 0 Å². The van der Waals surface area contributed by atoms with E-state index in [1.54, 1.807) is 6.07 Å². The van der Waals surface area contributed by atoms with E-state index in [0.717, 1.165) is 30.6 Å². The first-order valence-electron chi connectivity index (χ1n) is 11.3. The number of nitrogens with one attached hydrogen (secondary N) is 6. The summed E-state index contributed by atoms with van der Waals surface area (Å²) in [6.07, 6.45) is 3.01. The van der Waals surface area contributed by atoms with E-state index in [2.05, 4.69) is 46.7 Å². The summed E-state index contributed by atoms with van der Waals surface area (Å²) in [5.74, 6) is 0.906. The highest BCUT2D eigenvalue weighted by atomic mass is 16.5. The number of aromatic nitrogens is 4. The van der Waals surface area contributed by atoms with E-state index in [9.17, 15) is 9.59 Å². The highest BCUT2D eigenvalue weighted by molar-refractivity contribution is 5.98. The number of benzene rings is 1. The number of ether oxygens (including phenoxy) is 1. The van der Waals surface area contributed by atoms with Gasteiger partial charge < -0.3 is 26.0 Å². The fourth-order valence-corrected chi connectivity index (χ4v) is 3.68. The summed E-state index contributed by atoms with van der Waals surface area (Å²) in [6.45, 7) is 5.21. The number of anilines is 5. The second-order valence-electron chi connectivity index (χ2n) is 8.29. The third-order valence-corrected chi connectivity index (χ3v) is 5.54. The molecule has 6 N–H and O–H groups in total. The first-order chi connectivity index (χ1) is 16.9. The molecule has 1 aromatic carbocycles. The number of carbonyl (C=O) groups is 2. The lowest BCUT2D eigenvalue weighted by atomic mass is 10.1. The maximum absolute atomic E-state index is 13.0. The van der Waals surface area contributed by atoms with Gasteiger partial charge in [-0.3, -0.25) is 15.2 Å². The Bertz CT molecular complexity index is 1200. The Morgan fingerprint density at radius 2 is 2.03 bits per heavy atom. The van der Waals surface area contributed by atoms with Crippen LogP contribution in [0.4, 0.5) is 33.6 Å². The van der Waals surface area contributed by atoms with Gasteiger partial charge in [0.25, 0.3) is 5.91 Å². The molecule has 3 aromatic rings. The highest BCUT2D eigenvalue weighted by Gasteiger charge is 2.20. The molecule has 0 aliphatic carbocycles. The van der Waals surface area contributed by atoms with Crippen LogP contribution < -0.4 is 26.6 Å². The van der Waals surface area contributed by atoms with Crippen LogP contribution in [0.25, 0.3) is 0 Å². The standard InChI is InChI=1S/C23H29N9O3/c1-13-6-7-15(10-17(13)28-23(34)35-3)27-21-20(22(33)26-11-16-5-4-8-24-16)25-12-19(30-21)29-18-9-14(2)31-32-18/h6-7,9-10,12,16,24H,4-5,8,11H2,1-3H3,(H,26,33)(H,28,34)(H3,27,29,30,31,32)/t16-/m0/s1. The van der Waals surface area contributed by atoms with Crippen LogP contribution in [0.3, 0.4) is 0 Å². The van der Waals surface area contributed by atoms with E-state index in [1.165, 1.54) is 13.3 Å². The number of H-pyrrole nitrogens is 1. The molecule has 0 radical (unpaired) electrons. The van der Waals surface area contributed by atoms with Crippen molar-refractivity contribution in [3.8, 4) is 0 Å². The predicted molar refractivity (Wildman–Crippen MR) is 132 cm³/mol. The van der Waals surface area contributed by atoms with Gasteiger partial charge in [-0.2, -0.15) is 5.10 Å². The number of nitrogens with zero attached hydrogens (tertiary/aromatic N) is 3. The molecule has 4 rings (SSSR count). The van der Waals surface area contributed by atoms with Crippen molar-refractivity contribution in [2.24, 2.45) is 0 Å². The molecule has 0 saturated carbocycles. The lowest BCUT2D eigenvalue weighted by molar-refractivity contribution is 0.0946. The zero-order chi connectivity index (χ0) is 24.8. The molecule has 1 saturated heterocycles. The largest absolute Gasteiger partial charge is 0.453 e. The fraction of sp³-hybridized carbons (Fsp3) is 0.348. The van der Waals surface area contributed by atoms with Gasteiger partial charge in [0.1, 0.15) is 0 Å². The van der Waals surface area contributed by atoms with Crippen molar-refractivity contribution in [2.45, 2.75) is 32.7 Å². The van der Waals surface area contributed by atoms with E-state index >= 15 is 0 Å². The fourth-order valence-electron chi connectivity index (χ4n) is 3.68. The van der Waals surface area contributed by atoms with Crippen LogP contribution in [0.2, 0.25) is 0 Å². The number of carbonyl (C=O) groups excluding carboxylic acids is 2. The van der Waals surface area contributed by atoms with Gasteiger partial charge in [0.15, 0.2) is 23.1 Å². The Labute approximate surface area is 202 Å². The normalized spacial score (nSPS) is 14.9. The second-order valence-corrected chi connectivity index (χ2v) is 8.29. The molecule has 12 heteroatoms. The average Bonchev–Trinajstić information content (AvgIpc) is 3.51. The molecule has 0 bridgehead atoms. The highest BCUT2D eigenvalue weighted by Crippen LogP contribution is 2.25. The van der Waals surface area contributed by atoms with E-state index in [0.29, 0.717) is 29.6 Å². The Hall–Kier alpha value is -4.19. The van der Waals surface area contributed by atoms with Gasteiger partial charge in [0.2, 0.25) is 0 Å². The van der Waals surface area contributed by atoms with Crippen LogP contribution in [0, 0.1) is 13.8 Å². The minimum absolute atomic E-state index is 0.148. The lowest BCUT2D eigenvalue weighted by Crippen LogP contribution is -2.37. The van der Waals surface area contributed by atoms with Crippen LogP contribution in [-0.4, -0.2) is 58.4 Å². The Morgan fingerprint density at radius 1 is 1.17 bits per heavy atom. The molecule has 2 amide bonds. The van der Waals surface area contributed by atoms with E-state index in [-0.39, 0.29) is 23.5 Å². The summed E-state index contributed by atoms with van der Waals surface area (Å²) in [5.41, 5.74) is 3.05. The zero-order valence-electron chi connectivity index (χ0n) is 19.9. The zero-order valence-corrected chi connectivity index (χ0v) is 19.9. The number of rotatable bonds is 8. The Morgan fingerprint density at radius 3 is 2.74 bits per heavy atom. The summed E-state index contributed by atoms with van der Waals surface area (Å²) in [4.78, 5) is 33.6. The van der Waals surface area contributed by atoms with Crippen molar-refractivity contribution in [3.05, 3.63) is 47.4 Å². The Balaban J connectivity index is 1.59. The third-order valence-electron chi connectivity index (χ3n) is 5.54. The molecule has 1 fully saturated rings. The van der Waals surface area contributed by atoms with Crippen molar-refractivity contribution in [2.75, 3.05) is 36.1 Å². The topological polar surface area (TPSA) is 158 Å². The monoisotopic (exact) mass is 479 g/mol. The van der Waals surface area contributed by atoms with Crippen LogP contribution in [-0.2, 0) is 4.74 Å². The lowest BCUT2D eigenvalue weighted by Gasteiger charge is -2.15. The molecule has 3 heterocycles. The van der Waals surface area contributed by atoms with Crippen molar-refractivity contribution < 1.29 is 14.3 Å². The molecule has 2 aromatic heterocycles. The van der Waals surface area contributed by atoms with Crippen molar-refractivity contribution in [1.29, 1.82) is 0 Å². The summed E-state index contributed by atoms with van der Waals surface area (Å²) >= 11 is 0. The van der Waals surface area contributed by atoms with Gasteiger partial charge >= 0.3 is 6.09 Å². The maximum Gasteiger partial charge on any atom is 0.411 e. The smallest absolute Gasteiger partial charge is 0.411 e. The molecule has 1 aliphatic rings. The van der Waals surface area contributed by atoms with E-state index < -0.39 is 6.09 Å².